The highest BCUT2D eigenvalue weighted by atomic mass is 19.1. The Morgan fingerprint density at radius 1 is 1.06 bits per heavy atom. The molecule has 0 aliphatic carbocycles. The largest absolute Gasteiger partial charge is 0.487 e. The number of halogens is 2. The molecule has 0 atom stereocenters. The Morgan fingerprint density at radius 3 is 2.58 bits per heavy atom. The van der Waals surface area contributed by atoms with E-state index in [1.807, 2.05) is 41.3 Å². The van der Waals surface area contributed by atoms with Crippen LogP contribution in [0.3, 0.4) is 0 Å². The summed E-state index contributed by atoms with van der Waals surface area (Å²) in [6.07, 6.45) is 7.12. The molecule has 0 saturated carbocycles. The molecule has 0 bridgehead atoms. The molecular weight excluding hydrogens is 400 g/mol. The minimum absolute atomic E-state index is 0.0777. The number of benzene rings is 2. The van der Waals surface area contributed by atoms with E-state index in [1.165, 1.54) is 12.1 Å². The van der Waals surface area contributed by atoms with Crippen LogP contribution < -0.4 is 14.5 Å². The van der Waals surface area contributed by atoms with Crippen LogP contribution in [0.25, 0.3) is 0 Å². The molecule has 160 valence electrons. The second-order valence-electron chi connectivity index (χ2n) is 7.44. The third-order valence-electron chi connectivity index (χ3n) is 5.50. The first-order valence-electron chi connectivity index (χ1n) is 10.2. The number of ether oxygens (including phenoxy) is 2. The fraction of sp³-hybridized carbons (Fsp3) is 0.292. The summed E-state index contributed by atoms with van der Waals surface area (Å²) in [5.41, 5.74) is 2.48. The second-order valence-corrected chi connectivity index (χ2v) is 7.44. The number of hydrogen-bond donors (Lipinski definition) is 0. The Kier molecular flexibility index (Phi) is 6.08. The van der Waals surface area contributed by atoms with Crippen molar-refractivity contribution in [2.45, 2.75) is 18.9 Å². The predicted octanol–water partition coefficient (Wildman–Crippen LogP) is 4.75. The summed E-state index contributed by atoms with van der Waals surface area (Å²) in [5, 5.41) is 9.39. The van der Waals surface area contributed by atoms with Crippen LogP contribution in [0.1, 0.15) is 18.4 Å². The molecule has 0 N–H and O–H groups in total. The van der Waals surface area contributed by atoms with Gasteiger partial charge < -0.3 is 19.3 Å². The van der Waals surface area contributed by atoms with Gasteiger partial charge >= 0.3 is 0 Å². The highest BCUT2D eigenvalue weighted by molar-refractivity contribution is 5.75. The lowest BCUT2D eigenvalue weighted by molar-refractivity contribution is 0.163. The molecule has 2 aliphatic heterocycles. The molecule has 2 aromatic carbocycles. The van der Waals surface area contributed by atoms with Crippen LogP contribution in [0.15, 0.2) is 60.5 Å². The van der Waals surface area contributed by atoms with Gasteiger partial charge in [-0.2, -0.15) is 5.26 Å². The number of hydrogen-bond acceptors (Lipinski definition) is 5. The van der Waals surface area contributed by atoms with Crippen molar-refractivity contribution in [1.82, 2.24) is 0 Å². The Bertz CT molecular complexity index is 1050. The minimum Gasteiger partial charge on any atom is -0.487 e. The van der Waals surface area contributed by atoms with E-state index in [1.54, 1.807) is 7.11 Å². The van der Waals surface area contributed by atoms with Crippen LogP contribution in [0.4, 0.5) is 20.2 Å². The minimum atomic E-state index is -0.686. The van der Waals surface area contributed by atoms with Crippen molar-refractivity contribution in [1.29, 1.82) is 5.26 Å². The average Bonchev–Trinajstić information content (AvgIpc) is 2.81. The normalized spacial score (nSPS) is 16.6. The molecule has 0 radical (unpaired) electrons. The van der Waals surface area contributed by atoms with Gasteiger partial charge in [-0.15, -0.1) is 0 Å². The Labute approximate surface area is 180 Å². The molecule has 7 heteroatoms. The zero-order valence-corrected chi connectivity index (χ0v) is 17.2. The predicted molar refractivity (Wildman–Crippen MR) is 115 cm³/mol. The summed E-state index contributed by atoms with van der Waals surface area (Å²) < 4.78 is 38.3. The monoisotopic (exact) mass is 423 g/mol. The lowest BCUT2D eigenvalue weighted by atomic mass is 10.0. The van der Waals surface area contributed by atoms with Gasteiger partial charge in [0, 0.05) is 38.5 Å². The van der Waals surface area contributed by atoms with Crippen molar-refractivity contribution in [2.75, 3.05) is 36.5 Å². The van der Waals surface area contributed by atoms with Crippen molar-refractivity contribution in [3.8, 4) is 11.8 Å². The number of nitrogens with zero attached hydrogens (tertiary/aromatic N) is 3. The van der Waals surface area contributed by atoms with Crippen molar-refractivity contribution >= 4 is 11.4 Å². The molecule has 1 saturated heterocycles. The molecule has 0 amide bonds. The fourth-order valence-electron chi connectivity index (χ4n) is 3.93. The highest BCUT2D eigenvalue weighted by Crippen LogP contribution is 2.36. The van der Waals surface area contributed by atoms with E-state index < -0.39 is 11.6 Å². The molecule has 5 nitrogen and oxygen atoms in total. The van der Waals surface area contributed by atoms with E-state index in [-0.39, 0.29) is 11.9 Å². The molecule has 2 heterocycles. The summed E-state index contributed by atoms with van der Waals surface area (Å²) >= 11 is 0. The van der Waals surface area contributed by atoms with Gasteiger partial charge in [-0.3, -0.25) is 0 Å². The van der Waals surface area contributed by atoms with Gasteiger partial charge in [0.25, 0.3) is 0 Å². The van der Waals surface area contributed by atoms with Gasteiger partial charge in [0.15, 0.2) is 17.4 Å². The SMILES string of the molecule is COC1=CC=CCN1c1cc(C#N)ccc1N1CCC(Oc2ccc(F)cc2F)CC1. The Hall–Kier alpha value is -3.53. The molecule has 2 aromatic rings. The zero-order valence-electron chi connectivity index (χ0n) is 17.2. The fourth-order valence-corrected chi connectivity index (χ4v) is 3.93. The topological polar surface area (TPSA) is 48.7 Å². The lowest BCUT2D eigenvalue weighted by Gasteiger charge is -2.37. The maximum atomic E-state index is 13.9. The van der Waals surface area contributed by atoms with Crippen LogP contribution in [-0.2, 0) is 4.74 Å². The van der Waals surface area contributed by atoms with Crippen LogP contribution in [-0.4, -0.2) is 32.8 Å². The van der Waals surface area contributed by atoms with Crippen molar-refractivity contribution in [3.63, 3.8) is 0 Å². The second kappa shape index (κ2) is 9.09. The van der Waals surface area contributed by atoms with Gasteiger partial charge in [0.05, 0.1) is 30.1 Å². The molecule has 2 aliphatic rings. The first kappa shape index (κ1) is 20.7. The molecular formula is C24H23F2N3O2. The third kappa shape index (κ3) is 4.48. The van der Waals surface area contributed by atoms with Gasteiger partial charge in [-0.1, -0.05) is 12.2 Å². The summed E-state index contributed by atoms with van der Waals surface area (Å²) in [4.78, 5) is 4.27. The quantitative estimate of drug-likeness (QED) is 0.695. The number of rotatable bonds is 5. The number of allylic oxidation sites excluding steroid dienone is 2. The number of piperidine rings is 1. The van der Waals surface area contributed by atoms with Crippen LogP contribution >= 0.6 is 0 Å². The number of methoxy groups -OCH3 is 1. The maximum absolute atomic E-state index is 13.9. The third-order valence-corrected chi connectivity index (χ3v) is 5.50. The van der Waals surface area contributed by atoms with Crippen LogP contribution in [0.5, 0.6) is 5.75 Å². The Morgan fingerprint density at radius 2 is 1.87 bits per heavy atom. The molecule has 0 spiro atoms. The molecule has 31 heavy (non-hydrogen) atoms. The van der Waals surface area contributed by atoms with Crippen LogP contribution in [0.2, 0.25) is 0 Å². The summed E-state index contributed by atoms with van der Waals surface area (Å²) in [5.74, 6) is -0.517. The van der Waals surface area contributed by atoms with E-state index in [2.05, 4.69) is 11.0 Å². The smallest absolute Gasteiger partial charge is 0.193 e. The van der Waals surface area contributed by atoms with Crippen molar-refractivity contribution < 1.29 is 18.3 Å². The molecule has 0 aromatic heterocycles. The van der Waals surface area contributed by atoms with Crippen molar-refractivity contribution in [2.24, 2.45) is 0 Å². The Balaban J connectivity index is 1.51. The number of anilines is 2. The molecule has 0 unspecified atom stereocenters. The first-order valence-corrected chi connectivity index (χ1v) is 10.2. The first-order chi connectivity index (χ1) is 15.1. The summed E-state index contributed by atoms with van der Waals surface area (Å²) in [6.45, 7) is 2.06. The van der Waals surface area contributed by atoms with E-state index in [4.69, 9.17) is 9.47 Å². The lowest BCUT2D eigenvalue weighted by Crippen LogP contribution is -2.39. The zero-order chi connectivity index (χ0) is 21.8. The summed E-state index contributed by atoms with van der Waals surface area (Å²) in [7, 11) is 1.63. The van der Waals surface area contributed by atoms with Gasteiger partial charge in [-0.25, -0.2) is 8.78 Å². The number of nitriles is 1. The summed E-state index contributed by atoms with van der Waals surface area (Å²) in [6, 6.07) is 11.2. The highest BCUT2D eigenvalue weighted by Gasteiger charge is 2.26. The maximum Gasteiger partial charge on any atom is 0.193 e. The van der Waals surface area contributed by atoms with Gasteiger partial charge in [0.1, 0.15) is 11.9 Å². The average molecular weight is 423 g/mol. The van der Waals surface area contributed by atoms with E-state index >= 15 is 0 Å². The van der Waals surface area contributed by atoms with Crippen molar-refractivity contribution in [3.05, 3.63) is 77.7 Å². The molecule has 4 rings (SSSR count). The van der Waals surface area contributed by atoms with Gasteiger partial charge in [0.2, 0.25) is 0 Å². The van der Waals surface area contributed by atoms with E-state index in [0.29, 0.717) is 43.9 Å². The van der Waals surface area contributed by atoms with E-state index in [9.17, 15) is 14.0 Å². The van der Waals surface area contributed by atoms with Crippen LogP contribution in [0, 0.1) is 23.0 Å². The van der Waals surface area contributed by atoms with E-state index in [0.717, 1.165) is 17.4 Å². The van der Waals surface area contributed by atoms with Gasteiger partial charge in [-0.05, 0) is 36.4 Å². The molecule has 1 fully saturated rings. The standard InChI is InChI=1S/C24H23F2N3O2/c1-30-24-4-2-3-11-29(24)22-14-17(16-27)5-7-21(22)28-12-9-19(10-13-28)31-23-8-6-18(25)15-20(23)26/h2-8,14-15,19H,9-13H2,1H3.